The number of hydrogen-bond acceptors (Lipinski definition) is 6. The van der Waals surface area contributed by atoms with E-state index in [0.29, 0.717) is 6.61 Å². The summed E-state index contributed by atoms with van der Waals surface area (Å²) in [6, 6.07) is 0. The fourth-order valence-corrected chi connectivity index (χ4v) is 1.57. The van der Waals surface area contributed by atoms with Crippen LogP contribution in [0, 0.1) is 0 Å². The van der Waals surface area contributed by atoms with Gasteiger partial charge in [-0.05, 0) is 19.3 Å². The third-order valence-corrected chi connectivity index (χ3v) is 2.58. The minimum Gasteiger partial charge on any atom is -0.476 e. The first kappa shape index (κ1) is 15.6. The molecule has 1 aliphatic rings. The van der Waals surface area contributed by atoms with Crippen LogP contribution in [0.3, 0.4) is 0 Å². The molecule has 0 bridgehead atoms. The smallest absolute Gasteiger partial charge is 0.372 e. The van der Waals surface area contributed by atoms with Gasteiger partial charge in [-0.3, -0.25) is 9.59 Å². The van der Waals surface area contributed by atoms with E-state index in [4.69, 9.17) is 19.3 Å². The van der Waals surface area contributed by atoms with Gasteiger partial charge in [0.15, 0.2) is 6.29 Å². The molecule has 1 rings (SSSR count). The summed E-state index contributed by atoms with van der Waals surface area (Å²) in [4.78, 5) is 32.1. The molecule has 0 amide bonds. The lowest BCUT2D eigenvalue weighted by molar-refractivity contribution is -0.173. The molecule has 1 unspecified atom stereocenters. The number of Topliss-reactive ketones (excluding diaryl/α,β-unsaturated/α-hetero) is 1. The Balaban J connectivity index is 2.00. The summed E-state index contributed by atoms with van der Waals surface area (Å²) in [5.74, 6) is -3.14. The maximum absolute atomic E-state index is 11.2. The quantitative estimate of drug-likeness (QED) is 0.391. The van der Waals surface area contributed by atoms with Crippen LogP contribution in [-0.2, 0) is 28.6 Å². The van der Waals surface area contributed by atoms with Crippen LogP contribution in [0.2, 0.25) is 0 Å². The van der Waals surface area contributed by atoms with Crippen molar-refractivity contribution in [2.45, 2.75) is 38.4 Å². The third-order valence-electron chi connectivity index (χ3n) is 2.58. The number of ketones is 1. The summed E-state index contributed by atoms with van der Waals surface area (Å²) in [5, 5.41) is 8.32. The monoisotopic (exact) mass is 274 g/mol. The third kappa shape index (κ3) is 6.88. The molecule has 108 valence electrons. The van der Waals surface area contributed by atoms with Gasteiger partial charge in [-0.2, -0.15) is 0 Å². The topological polar surface area (TPSA) is 99.1 Å². The van der Waals surface area contributed by atoms with E-state index in [2.05, 4.69) is 0 Å². The Labute approximate surface area is 110 Å². The van der Waals surface area contributed by atoms with Crippen molar-refractivity contribution < 1.29 is 33.7 Å². The van der Waals surface area contributed by atoms with Crippen LogP contribution in [0.4, 0.5) is 0 Å². The van der Waals surface area contributed by atoms with Gasteiger partial charge in [0.1, 0.15) is 6.61 Å². The van der Waals surface area contributed by atoms with Gasteiger partial charge in [-0.25, -0.2) is 4.79 Å². The van der Waals surface area contributed by atoms with Crippen LogP contribution in [0.1, 0.15) is 32.1 Å². The molecular weight excluding hydrogens is 256 g/mol. The number of rotatable bonds is 8. The molecule has 19 heavy (non-hydrogen) atoms. The highest BCUT2D eigenvalue weighted by Crippen LogP contribution is 2.13. The first-order valence-corrected chi connectivity index (χ1v) is 6.24. The van der Waals surface area contributed by atoms with E-state index >= 15 is 0 Å². The molecule has 1 saturated heterocycles. The fourth-order valence-electron chi connectivity index (χ4n) is 1.57. The van der Waals surface area contributed by atoms with Crippen LogP contribution >= 0.6 is 0 Å². The van der Waals surface area contributed by atoms with Crippen LogP contribution < -0.4 is 0 Å². The number of esters is 1. The van der Waals surface area contributed by atoms with E-state index in [1.165, 1.54) is 0 Å². The Morgan fingerprint density at radius 1 is 1.16 bits per heavy atom. The van der Waals surface area contributed by atoms with Crippen molar-refractivity contribution in [1.82, 2.24) is 0 Å². The van der Waals surface area contributed by atoms with Crippen molar-refractivity contribution in [3.63, 3.8) is 0 Å². The minimum atomic E-state index is -1.54. The number of aliphatic carboxylic acids is 1. The average Bonchev–Trinajstić information content (AvgIpc) is 2.42. The van der Waals surface area contributed by atoms with Gasteiger partial charge >= 0.3 is 11.9 Å². The van der Waals surface area contributed by atoms with Crippen molar-refractivity contribution in [3.8, 4) is 0 Å². The van der Waals surface area contributed by atoms with Crippen LogP contribution in [0.5, 0.6) is 0 Å². The second-order valence-corrected chi connectivity index (χ2v) is 4.12. The van der Waals surface area contributed by atoms with E-state index < -0.39 is 17.7 Å². The molecule has 0 aromatic heterocycles. The van der Waals surface area contributed by atoms with Gasteiger partial charge in [0, 0.05) is 13.0 Å². The molecule has 0 spiro atoms. The first-order valence-electron chi connectivity index (χ1n) is 6.24. The number of carbonyl (C=O) groups excluding carboxylic acids is 2. The molecule has 0 aromatic rings. The first-order chi connectivity index (χ1) is 9.09. The molecule has 1 aliphatic heterocycles. The second kappa shape index (κ2) is 8.60. The maximum atomic E-state index is 11.2. The zero-order valence-corrected chi connectivity index (χ0v) is 10.6. The molecule has 0 aliphatic carbocycles. The van der Waals surface area contributed by atoms with Crippen molar-refractivity contribution in [1.29, 1.82) is 0 Å². The lowest BCUT2D eigenvalue weighted by Crippen LogP contribution is -2.24. The van der Waals surface area contributed by atoms with Gasteiger partial charge in [0.2, 0.25) is 5.78 Å². The van der Waals surface area contributed by atoms with Crippen LogP contribution in [0.15, 0.2) is 0 Å². The predicted octanol–water partition coefficient (Wildman–Crippen LogP) is 0.507. The Hall–Kier alpha value is -1.47. The molecule has 7 nitrogen and oxygen atoms in total. The Morgan fingerprint density at radius 2 is 1.95 bits per heavy atom. The van der Waals surface area contributed by atoms with Crippen molar-refractivity contribution >= 4 is 17.7 Å². The summed E-state index contributed by atoms with van der Waals surface area (Å²) in [6.07, 6.45) is 2.11. The lowest BCUT2D eigenvalue weighted by Gasteiger charge is -2.22. The summed E-state index contributed by atoms with van der Waals surface area (Å²) in [7, 11) is 0. The van der Waals surface area contributed by atoms with Gasteiger partial charge in [-0.15, -0.1) is 0 Å². The van der Waals surface area contributed by atoms with Gasteiger partial charge in [-0.1, -0.05) is 0 Å². The van der Waals surface area contributed by atoms with Crippen LogP contribution in [0.25, 0.3) is 0 Å². The van der Waals surface area contributed by atoms with Crippen LogP contribution in [-0.4, -0.2) is 48.9 Å². The summed E-state index contributed by atoms with van der Waals surface area (Å²) in [6.45, 7) is 0.977. The molecule has 1 heterocycles. The Morgan fingerprint density at radius 3 is 2.58 bits per heavy atom. The number of carbonyl (C=O) groups is 3. The largest absolute Gasteiger partial charge is 0.476 e. The van der Waals surface area contributed by atoms with E-state index in [0.717, 1.165) is 19.3 Å². The number of carboxylic acids is 1. The highest BCUT2D eigenvalue weighted by molar-refractivity contribution is 6.32. The number of hydrogen-bond donors (Lipinski definition) is 1. The van der Waals surface area contributed by atoms with Gasteiger partial charge < -0.3 is 19.3 Å². The molecule has 1 atom stereocenters. The van der Waals surface area contributed by atoms with E-state index in [1.807, 2.05) is 0 Å². The van der Waals surface area contributed by atoms with Gasteiger partial charge in [0.25, 0.3) is 0 Å². The van der Waals surface area contributed by atoms with Gasteiger partial charge in [0.05, 0.1) is 13.0 Å². The molecular formula is C12H18O7. The van der Waals surface area contributed by atoms with E-state index in [9.17, 15) is 14.4 Å². The van der Waals surface area contributed by atoms with Crippen molar-refractivity contribution in [2.75, 3.05) is 19.8 Å². The average molecular weight is 274 g/mol. The summed E-state index contributed by atoms with van der Waals surface area (Å²) in [5.41, 5.74) is 0. The molecule has 0 radical (unpaired) electrons. The normalized spacial score (nSPS) is 18.8. The lowest BCUT2D eigenvalue weighted by atomic mass is 10.2. The SMILES string of the molecule is O=C(CCC(=O)C(=O)O)OCCOC1CCCCO1. The molecule has 1 N–H and O–H groups in total. The van der Waals surface area contributed by atoms with E-state index in [-0.39, 0.29) is 32.3 Å². The predicted molar refractivity (Wildman–Crippen MR) is 62.4 cm³/mol. The Kier molecular flexibility index (Phi) is 7.06. The highest BCUT2D eigenvalue weighted by Gasteiger charge is 2.15. The fraction of sp³-hybridized carbons (Fsp3) is 0.750. The summed E-state index contributed by atoms with van der Waals surface area (Å²) >= 11 is 0. The second-order valence-electron chi connectivity index (χ2n) is 4.12. The Bertz CT molecular complexity index is 320. The molecule has 1 fully saturated rings. The maximum Gasteiger partial charge on any atom is 0.372 e. The van der Waals surface area contributed by atoms with Crippen molar-refractivity contribution in [3.05, 3.63) is 0 Å². The zero-order valence-electron chi connectivity index (χ0n) is 10.6. The number of ether oxygens (including phenoxy) is 3. The standard InChI is InChI=1S/C12H18O7/c13-9(12(15)16)4-5-10(14)17-7-8-19-11-3-1-2-6-18-11/h11H,1-8H2,(H,15,16). The summed E-state index contributed by atoms with van der Waals surface area (Å²) < 4.78 is 15.5. The highest BCUT2D eigenvalue weighted by atomic mass is 16.7. The number of carboxylic acid groups (broad SMARTS) is 1. The zero-order chi connectivity index (χ0) is 14.1. The molecule has 0 saturated carbocycles. The molecule has 7 heteroatoms. The van der Waals surface area contributed by atoms with E-state index in [1.54, 1.807) is 0 Å². The minimum absolute atomic E-state index is 0.0694. The van der Waals surface area contributed by atoms with Crippen molar-refractivity contribution in [2.24, 2.45) is 0 Å². The molecule has 0 aromatic carbocycles.